The van der Waals surface area contributed by atoms with Gasteiger partial charge in [0.1, 0.15) is 6.54 Å². The third-order valence-corrected chi connectivity index (χ3v) is 6.32. The highest BCUT2D eigenvalue weighted by Gasteiger charge is 2.25. The van der Waals surface area contributed by atoms with E-state index in [9.17, 15) is 9.59 Å². The van der Waals surface area contributed by atoms with Crippen molar-refractivity contribution < 1.29 is 4.79 Å². The number of carbonyl (C=O) groups is 1. The molecule has 24 heavy (non-hydrogen) atoms. The zero-order chi connectivity index (χ0) is 16.7. The van der Waals surface area contributed by atoms with Crippen LogP contribution in [0.3, 0.4) is 0 Å². The van der Waals surface area contributed by atoms with Crippen LogP contribution in [-0.2, 0) is 24.2 Å². The predicted octanol–water partition coefficient (Wildman–Crippen LogP) is 1.99. The molecule has 0 saturated carbocycles. The van der Waals surface area contributed by atoms with Crippen LogP contribution in [-0.4, -0.2) is 38.9 Å². The number of carbonyl (C=O) groups excluding carboxylic acids is 1. The van der Waals surface area contributed by atoms with Gasteiger partial charge < -0.3 is 4.90 Å². The van der Waals surface area contributed by atoms with Gasteiger partial charge in [-0.2, -0.15) is 0 Å². The van der Waals surface area contributed by atoms with Crippen LogP contribution in [0, 0.1) is 5.92 Å². The van der Waals surface area contributed by atoms with Gasteiger partial charge in [0.25, 0.3) is 5.56 Å². The van der Waals surface area contributed by atoms with Gasteiger partial charge in [0, 0.05) is 18.0 Å². The first-order valence-electron chi connectivity index (χ1n) is 8.79. The highest BCUT2D eigenvalue weighted by atomic mass is 32.1. The fourth-order valence-electron chi connectivity index (χ4n) is 3.77. The minimum absolute atomic E-state index is 0.00277. The molecular formula is C17H22N4O2S. The number of fused-ring (bicyclic) bond motifs is 3. The maximum atomic E-state index is 12.9. The lowest BCUT2D eigenvalue weighted by Crippen LogP contribution is -2.40. The van der Waals surface area contributed by atoms with E-state index < -0.39 is 0 Å². The number of rotatable bonds is 2. The third kappa shape index (κ3) is 2.75. The van der Waals surface area contributed by atoms with Crippen LogP contribution in [0.5, 0.6) is 0 Å². The number of hydrogen-bond donors (Lipinski definition) is 0. The average molecular weight is 346 g/mol. The fraction of sp³-hybridized carbons (Fsp3) is 0.647. The topological polar surface area (TPSA) is 68.1 Å². The van der Waals surface area contributed by atoms with Crippen molar-refractivity contribution in [3.63, 3.8) is 0 Å². The molecule has 6 nitrogen and oxygen atoms in total. The summed E-state index contributed by atoms with van der Waals surface area (Å²) in [6.45, 7) is 3.82. The lowest BCUT2D eigenvalue weighted by molar-refractivity contribution is -0.133. The fourth-order valence-corrected chi connectivity index (χ4v) is 5.08. The molecule has 128 valence electrons. The summed E-state index contributed by atoms with van der Waals surface area (Å²) in [4.78, 5) is 29.1. The van der Waals surface area contributed by atoms with Gasteiger partial charge in [-0.1, -0.05) is 12.1 Å². The summed E-state index contributed by atoms with van der Waals surface area (Å²) in [6, 6.07) is 0. The molecule has 1 aliphatic heterocycles. The number of piperidine rings is 1. The van der Waals surface area contributed by atoms with E-state index in [0.717, 1.165) is 55.6 Å². The van der Waals surface area contributed by atoms with Gasteiger partial charge in [-0.05, 0) is 50.0 Å². The Morgan fingerprint density at radius 1 is 1.29 bits per heavy atom. The number of thiophene rings is 1. The molecule has 0 aromatic carbocycles. The van der Waals surface area contributed by atoms with Gasteiger partial charge in [0.15, 0.2) is 4.83 Å². The van der Waals surface area contributed by atoms with Crippen LogP contribution >= 0.6 is 11.3 Å². The van der Waals surface area contributed by atoms with Gasteiger partial charge in [-0.25, -0.2) is 4.68 Å². The molecule has 4 rings (SSSR count). The number of likely N-dealkylation sites (tertiary alicyclic amines) is 1. The molecular weight excluding hydrogens is 324 g/mol. The van der Waals surface area contributed by atoms with Gasteiger partial charge >= 0.3 is 0 Å². The van der Waals surface area contributed by atoms with Crippen LogP contribution in [0.1, 0.15) is 43.0 Å². The zero-order valence-electron chi connectivity index (χ0n) is 14.0. The molecule has 1 unspecified atom stereocenters. The molecule has 1 aliphatic carbocycles. The first-order valence-corrected chi connectivity index (χ1v) is 9.61. The molecule has 0 radical (unpaired) electrons. The van der Waals surface area contributed by atoms with Gasteiger partial charge in [0.05, 0.1) is 5.39 Å². The van der Waals surface area contributed by atoms with E-state index in [1.807, 2.05) is 4.90 Å². The predicted molar refractivity (Wildman–Crippen MR) is 93.3 cm³/mol. The van der Waals surface area contributed by atoms with E-state index in [2.05, 4.69) is 17.2 Å². The molecule has 1 saturated heterocycles. The summed E-state index contributed by atoms with van der Waals surface area (Å²) >= 11 is 1.59. The Bertz CT molecular complexity index is 835. The summed E-state index contributed by atoms with van der Waals surface area (Å²) in [6.07, 6.45) is 6.31. The van der Waals surface area contributed by atoms with E-state index >= 15 is 0 Å². The monoisotopic (exact) mass is 346 g/mol. The Kier molecular flexibility index (Phi) is 4.12. The van der Waals surface area contributed by atoms with Crippen molar-refractivity contribution in [3.8, 4) is 0 Å². The average Bonchev–Trinajstić information content (AvgIpc) is 2.96. The van der Waals surface area contributed by atoms with Crippen LogP contribution < -0.4 is 5.56 Å². The first-order chi connectivity index (χ1) is 11.6. The van der Waals surface area contributed by atoms with Gasteiger partial charge in [-0.3, -0.25) is 9.59 Å². The lowest BCUT2D eigenvalue weighted by Gasteiger charge is -2.26. The Labute approximate surface area is 144 Å². The number of hydrogen-bond acceptors (Lipinski definition) is 5. The molecule has 1 atom stereocenters. The maximum absolute atomic E-state index is 12.9. The molecule has 2 aliphatic rings. The quantitative estimate of drug-likeness (QED) is 0.834. The largest absolute Gasteiger partial charge is 0.341 e. The highest BCUT2D eigenvalue weighted by molar-refractivity contribution is 7.18. The van der Waals surface area contributed by atoms with Crippen molar-refractivity contribution in [2.24, 2.45) is 5.92 Å². The molecule has 7 heteroatoms. The van der Waals surface area contributed by atoms with Crippen molar-refractivity contribution in [2.75, 3.05) is 13.1 Å². The van der Waals surface area contributed by atoms with Crippen molar-refractivity contribution in [1.82, 2.24) is 19.9 Å². The SMILES string of the molecule is CC1CCc2c(sc3nnn(CC(=O)N4CCCCC4)c(=O)c23)C1. The summed E-state index contributed by atoms with van der Waals surface area (Å²) in [7, 11) is 0. The highest BCUT2D eigenvalue weighted by Crippen LogP contribution is 2.35. The zero-order valence-corrected chi connectivity index (χ0v) is 14.8. The van der Waals surface area contributed by atoms with Crippen LogP contribution in [0.2, 0.25) is 0 Å². The van der Waals surface area contributed by atoms with E-state index in [1.165, 1.54) is 16.0 Å². The van der Waals surface area contributed by atoms with Gasteiger partial charge in [-0.15, -0.1) is 16.4 Å². The second-order valence-corrected chi connectivity index (χ2v) is 8.11. The Morgan fingerprint density at radius 2 is 2.08 bits per heavy atom. The van der Waals surface area contributed by atoms with Crippen molar-refractivity contribution >= 4 is 27.5 Å². The standard InChI is InChI=1S/C17H22N4O2S/c1-11-5-6-12-13(9-11)24-16-15(12)17(23)21(19-18-16)10-14(22)20-7-3-2-4-8-20/h11H,2-10H2,1H3. The molecule has 1 amide bonds. The van der Waals surface area contributed by atoms with Crippen LogP contribution in [0.4, 0.5) is 0 Å². The minimum Gasteiger partial charge on any atom is -0.341 e. The first kappa shape index (κ1) is 15.7. The summed E-state index contributed by atoms with van der Waals surface area (Å²) in [5.41, 5.74) is 0.990. The Hall–Kier alpha value is -1.76. The summed E-state index contributed by atoms with van der Waals surface area (Å²) in [5, 5.41) is 8.95. The molecule has 1 fully saturated rings. The molecule has 0 bridgehead atoms. The molecule has 0 N–H and O–H groups in total. The minimum atomic E-state index is -0.155. The summed E-state index contributed by atoms with van der Waals surface area (Å²) in [5.74, 6) is 0.629. The van der Waals surface area contributed by atoms with Gasteiger partial charge in [0.2, 0.25) is 5.91 Å². The maximum Gasteiger partial charge on any atom is 0.279 e. The molecule has 2 aromatic heterocycles. The van der Waals surface area contributed by atoms with E-state index in [0.29, 0.717) is 11.3 Å². The number of aryl methyl sites for hydroxylation is 1. The number of aromatic nitrogens is 3. The van der Waals surface area contributed by atoms with E-state index in [-0.39, 0.29) is 18.0 Å². The second kappa shape index (κ2) is 6.27. The normalized spacial score (nSPS) is 21.0. The lowest BCUT2D eigenvalue weighted by atomic mass is 9.89. The number of amides is 1. The van der Waals surface area contributed by atoms with Crippen LogP contribution in [0.15, 0.2) is 4.79 Å². The van der Waals surface area contributed by atoms with Crippen molar-refractivity contribution in [1.29, 1.82) is 0 Å². The second-order valence-electron chi connectivity index (χ2n) is 7.03. The molecule has 3 heterocycles. The van der Waals surface area contributed by atoms with Crippen molar-refractivity contribution in [3.05, 3.63) is 20.8 Å². The van der Waals surface area contributed by atoms with E-state index in [4.69, 9.17) is 0 Å². The molecule has 0 spiro atoms. The number of nitrogens with zero attached hydrogens (tertiary/aromatic N) is 4. The third-order valence-electron chi connectivity index (χ3n) is 5.18. The Morgan fingerprint density at radius 3 is 2.88 bits per heavy atom. The Balaban J connectivity index is 1.66. The van der Waals surface area contributed by atoms with Crippen molar-refractivity contribution in [2.45, 2.75) is 52.0 Å². The smallest absolute Gasteiger partial charge is 0.279 e. The van der Waals surface area contributed by atoms with Crippen LogP contribution in [0.25, 0.3) is 10.2 Å². The molecule has 2 aromatic rings. The van der Waals surface area contributed by atoms with E-state index in [1.54, 1.807) is 11.3 Å². The summed E-state index contributed by atoms with van der Waals surface area (Å²) < 4.78 is 1.25.